The molecule has 0 aliphatic rings. The van der Waals surface area contributed by atoms with E-state index in [1.165, 1.54) is 0 Å². The molecule has 0 saturated carbocycles. The van der Waals surface area contributed by atoms with Gasteiger partial charge in [0.05, 0.1) is 17.3 Å². The summed E-state index contributed by atoms with van der Waals surface area (Å²) in [5.74, 6) is 1.54. The van der Waals surface area contributed by atoms with Crippen LogP contribution in [0.2, 0.25) is 0 Å². The van der Waals surface area contributed by atoms with E-state index in [0.29, 0.717) is 5.78 Å². The van der Waals surface area contributed by atoms with Crippen molar-refractivity contribution in [2.24, 2.45) is 0 Å². The predicted molar refractivity (Wildman–Crippen MR) is 77.4 cm³/mol. The number of hydrogen-bond donors (Lipinski definition) is 0. The Bertz CT molecular complexity index is 734. The predicted octanol–water partition coefficient (Wildman–Crippen LogP) is 3.48. The van der Waals surface area contributed by atoms with Crippen LogP contribution in [0, 0.1) is 6.92 Å². The molecule has 0 spiro atoms. The van der Waals surface area contributed by atoms with Gasteiger partial charge in [0.25, 0.3) is 0 Å². The van der Waals surface area contributed by atoms with Gasteiger partial charge in [-0.3, -0.25) is 4.40 Å². The third-order valence-corrected chi connectivity index (χ3v) is 3.46. The number of aromatic nitrogens is 3. The molecule has 3 rings (SSSR count). The summed E-state index contributed by atoms with van der Waals surface area (Å²) in [5, 5.41) is 0. The Labute approximate surface area is 119 Å². The van der Waals surface area contributed by atoms with Crippen molar-refractivity contribution in [3.63, 3.8) is 0 Å². The van der Waals surface area contributed by atoms with E-state index in [1.807, 2.05) is 41.8 Å². The van der Waals surface area contributed by atoms with Crippen LogP contribution in [0.1, 0.15) is 5.69 Å². The molecule has 4 nitrogen and oxygen atoms in total. The topological polar surface area (TPSA) is 39.4 Å². The summed E-state index contributed by atoms with van der Waals surface area (Å²) in [4.78, 5) is 8.87. The number of halogens is 1. The lowest BCUT2D eigenvalue weighted by Gasteiger charge is -2.02. The van der Waals surface area contributed by atoms with Crippen molar-refractivity contribution in [2.75, 3.05) is 7.11 Å². The first-order valence-corrected chi connectivity index (χ1v) is 6.63. The first-order valence-electron chi connectivity index (χ1n) is 5.83. The quantitative estimate of drug-likeness (QED) is 0.726. The van der Waals surface area contributed by atoms with Crippen molar-refractivity contribution in [3.8, 4) is 17.0 Å². The second-order valence-electron chi connectivity index (χ2n) is 4.22. The van der Waals surface area contributed by atoms with Crippen LogP contribution in [0.15, 0.2) is 41.1 Å². The Morgan fingerprint density at radius 1 is 1.21 bits per heavy atom. The largest absolute Gasteiger partial charge is 0.497 e. The van der Waals surface area contributed by atoms with Crippen molar-refractivity contribution < 1.29 is 4.74 Å². The van der Waals surface area contributed by atoms with Gasteiger partial charge in [-0.1, -0.05) is 0 Å². The van der Waals surface area contributed by atoms with E-state index in [-0.39, 0.29) is 0 Å². The molecule has 0 saturated heterocycles. The van der Waals surface area contributed by atoms with E-state index in [1.54, 1.807) is 13.3 Å². The van der Waals surface area contributed by atoms with Crippen LogP contribution in [-0.2, 0) is 0 Å². The van der Waals surface area contributed by atoms with E-state index < -0.39 is 0 Å². The maximum Gasteiger partial charge on any atom is 0.234 e. The van der Waals surface area contributed by atoms with Gasteiger partial charge in [0, 0.05) is 23.7 Å². The number of rotatable bonds is 2. The average Bonchev–Trinajstić information content (AvgIpc) is 2.76. The van der Waals surface area contributed by atoms with Gasteiger partial charge in [0.15, 0.2) is 0 Å². The smallest absolute Gasteiger partial charge is 0.234 e. The molecule has 19 heavy (non-hydrogen) atoms. The molecule has 0 atom stereocenters. The van der Waals surface area contributed by atoms with Crippen LogP contribution in [0.4, 0.5) is 0 Å². The van der Waals surface area contributed by atoms with Gasteiger partial charge in [-0.05, 0) is 47.1 Å². The highest BCUT2D eigenvalue weighted by Gasteiger charge is 2.11. The maximum atomic E-state index is 5.17. The van der Waals surface area contributed by atoms with E-state index in [4.69, 9.17) is 4.74 Å². The van der Waals surface area contributed by atoms with Crippen molar-refractivity contribution in [1.82, 2.24) is 14.4 Å². The third kappa shape index (κ3) is 2.10. The Morgan fingerprint density at radius 3 is 2.63 bits per heavy atom. The summed E-state index contributed by atoms with van der Waals surface area (Å²) in [5.41, 5.74) is 3.06. The Morgan fingerprint density at radius 2 is 1.95 bits per heavy atom. The molecule has 0 amide bonds. The van der Waals surface area contributed by atoms with E-state index >= 15 is 0 Å². The van der Waals surface area contributed by atoms with Gasteiger partial charge in [-0.2, -0.15) is 0 Å². The van der Waals surface area contributed by atoms with Crippen LogP contribution in [0.3, 0.4) is 0 Å². The molecule has 0 aliphatic carbocycles. The molecule has 0 radical (unpaired) electrons. The molecule has 0 aliphatic heterocycles. The molecular weight excluding hydrogens is 306 g/mol. The molecular formula is C14H12BrN3O. The number of hydrogen-bond acceptors (Lipinski definition) is 3. The average molecular weight is 318 g/mol. The van der Waals surface area contributed by atoms with Gasteiger partial charge in [0.2, 0.25) is 5.78 Å². The Kier molecular flexibility index (Phi) is 2.98. The van der Waals surface area contributed by atoms with Crippen LogP contribution in [0.5, 0.6) is 5.75 Å². The minimum Gasteiger partial charge on any atom is -0.497 e. The van der Waals surface area contributed by atoms with Gasteiger partial charge in [0.1, 0.15) is 5.75 Å². The fraction of sp³-hybridized carbons (Fsp3) is 0.143. The zero-order valence-corrected chi connectivity index (χ0v) is 12.2. The number of methoxy groups -OCH3 is 1. The zero-order valence-electron chi connectivity index (χ0n) is 10.6. The van der Waals surface area contributed by atoms with Crippen molar-refractivity contribution in [3.05, 3.63) is 46.8 Å². The summed E-state index contributed by atoms with van der Waals surface area (Å²) >= 11 is 3.42. The maximum absolute atomic E-state index is 5.17. The lowest BCUT2D eigenvalue weighted by Crippen LogP contribution is -1.89. The number of benzene rings is 1. The highest BCUT2D eigenvalue weighted by Crippen LogP contribution is 2.25. The Hall–Kier alpha value is -1.88. The van der Waals surface area contributed by atoms with Gasteiger partial charge in [-0.25, -0.2) is 9.97 Å². The molecule has 0 N–H and O–H groups in total. The molecule has 3 aromatic rings. The monoisotopic (exact) mass is 317 g/mol. The van der Waals surface area contributed by atoms with Crippen LogP contribution >= 0.6 is 15.9 Å². The molecule has 0 fully saturated rings. The minimum atomic E-state index is 0.700. The zero-order chi connectivity index (χ0) is 13.4. The van der Waals surface area contributed by atoms with Crippen LogP contribution < -0.4 is 4.74 Å². The molecule has 1 aromatic carbocycles. The SMILES string of the molecule is COc1ccc(-c2nc3ncc(Br)cn3c2C)cc1. The standard InChI is InChI=1S/C14H12BrN3O/c1-9-13(10-3-5-12(19-2)6-4-10)17-14-16-7-11(15)8-18(9)14/h3-8H,1-2H3. The van der Waals surface area contributed by atoms with E-state index in [0.717, 1.165) is 27.2 Å². The molecule has 2 aromatic heterocycles. The lowest BCUT2D eigenvalue weighted by molar-refractivity contribution is 0.415. The number of imidazole rings is 1. The number of ether oxygens (including phenoxy) is 1. The van der Waals surface area contributed by atoms with Gasteiger partial charge >= 0.3 is 0 Å². The number of nitrogens with zero attached hydrogens (tertiary/aromatic N) is 3. The fourth-order valence-corrected chi connectivity index (χ4v) is 2.35. The highest BCUT2D eigenvalue weighted by molar-refractivity contribution is 9.10. The molecule has 5 heteroatoms. The van der Waals surface area contributed by atoms with Crippen LogP contribution in [-0.4, -0.2) is 21.5 Å². The summed E-state index contributed by atoms with van der Waals surface area (Å²) in [6, 6.07) is 7.87. The van der Waals surface area contributed by atoms with Crippen molar-refractivity contribution in [2.45, 2.75) is 6.92 Å². The minimum absolute atomic E-state index is 0.700. The van der Waals surface area contributed by atoms with Gasteiger partial charge < -0.3 is 4.74 Å². The second kappa shape index (κ2) is 4.66. The third-order valence-electron chi connectivity index (χ3n) is 3.05. The van der Waals surface area contributed by atoms with E-state index in [2.05, 4.69) is 25.9 Å². The summed E-state index contributed by atoms with van der Waals surface area (Å²) in [6.07, 6.45) is 3.72. The highest BCUT2D eigenvalue weighted by atomic mass is 79.9. The second-order valence-corrected chi connectivity index (χ2v) is 5.13. The molecule has 96 valence electrons. The summed E-state index contributed by atoms with van der Waals surface area (Å²) in [6.45, 7) is 2.04. The van der Waals surface area contributed by atoms with Crippen LogP contribution in [0.25, 0.3) is 17.0 Å². The van der Waals surface area contributed by atoms with E-state index in [9.17, 15) is 0 Å². The number of fused-ring (bicyclic) bond motifs is 1. The summed E-state index contributed by atoms with van der Waals surface area (Å²) < 4.78 is 8.07. The molecule has 2 heterocycles. The first kappa shape index (κ1) is 12.2. The van der Waals surface area contributed by atoms with Crippen molar-refractivity contribution >= 4 is 21.7 Å². The molecule has 0 unspecified atom stereocenters. The first-order chi connectivity index (χ1) is 9.19. The van der Waals surface area contributed by atoms with Crippen molar-refractivity contribution in [1.29, 1.82) is 0 Å². The lowest BCUT2D eigenvalue weighted by atomic mass is 10.1. The Balaban J connectivity index is 2.16. The normalized spacial score (nSPS) is 10.9. The summed E-state index contributed by atoms with van der Waals surface area (Å²) in [7, 11) is 1.66. The molecule has 0 bridgehead atoms. The number of aryl methyl sites for hydroxylation is 1. The van der Waals surface area contributed by atoms with Gasteiger partial charge in [-0.15, -0.1) is 0 Å². The fourth-order valence-electron chi connectivity index (χ4n) is 2.04.